The van der Waals surface area contributed by atoms with Crippen molar-refractivity contribution < 1.29 is 9.90 Å². The molecule has 1 heterocycles. The van der Waals surface area contributed by atoms with E-state index in [4.69, 9.17) is 10.7 Å². The number of nitrogens with two attached hydrogens (primary N) is 1. The normalized spacial score (nSPS) is 23.4. The summed E-state index contributed by atoms with van der Waals surface area (Å²) in [6, 6.07) is 15.1. The number of aliphatic imine (C=N–C) groups is 1. The van der Waals surface area contributed by atoms with Gasteiger partial charge in [0.2, 0.25) is 0 Å². The number of carbonyl (C=O) groups is 1. The first-order valence-electron chi connectivity index (χ1n) is 9.56. The van der Waals surface area contributed by atoms with Crippen molar-refractivity contribution in [3.63, 3.8) is 0 Å². The zero-order valence-electron chi connectivity index (χ0n) is 15.7. The Morgan fingerprint density at radius 3 is 2.52 bits per heavy atom. The molecular weight excluding hydrogens is 338 g/mol. The first kappa shape index (κ1) is 17.6. The van der Waals surface area contributed by atoms with Crippen LogP contribution in [0.3, 0.4) is 0 Å². The number of hydrogen-bond donors (Lipinski definition) is 2. The van der Waals surface area contributed by atoms with Gasteiger partial charge in [-0.25, -0.2) is 4.99 Å². The minimum Gasteiger partial charge on any atom is -0.508 e. The topological polar surface area (TPSA) is 78.9 Å². The number of nitrogens with zero attached hydrogens (tertiary/aromatic N) is 2. The Morgan fingerprint density at radius 2 is 1.89 bits per heavy atom. The second-order valence-electron chi connectivity index (χ2n) is 7.57. The van der Waals surface area contributed by atoms with Crippen molar-refractivity contribution in [2.45, 2.75) is 44.7 Å². The van der Waals surface area contributed by atoms with Gasteiger partial charge in [0.25, 0.3) is 5.91 Å². The molecule has 1 fully saturated rings. The summed E-state index contributed by atoms with van der Waals surface area (Å²) in [5, 5.41) is 9.80. The molecule has 2 aliphatic rings. The highest BCUT2D eigenvalue weighted by atomic mass is 16.3. The second-order valence-corrected chi connectivity index (χ2v) is 7.57. The van der Waals surface area contributed by atoms with Crippen molar-refractivity contribution in [2.75, 3.05) is 0 Å². The van der Waals surface area contributed by atoms with E-state index in [0.29, 0.717) is 5.96 Å². The fourth-order valence-corrected chi connectivity index (χ4v) is 3.99. The third kappa shape index (κ3) is 2.78. The maximum atomic E-state index is 13.5. The lowest BCUT2D eigenvalue weighted by Gasteiger charge is -2.29. The predicted molar refractivity (Wildman–Crippen MR) is 106 cm³/mol. The van der Waals surface area contributed by atoms with Crippen molar-refractivity contribution in [2.24, 2.45) is 16.6 Å². The molecule has 2 aromatic rings. The van der Waals surface area contributed by atoms with Gasteiger partial charge in [-0.05, 0) is 67.0 Å². The molecule has 5 heteroatoms. The Hall–Kier alpha value is -2.82. The quantitative estimate of drug-likeness (QED) is 0.851. The first-order chi connectivity index (χ1) is 13.0. The fourth-order valence-electron chi connectivity index (χ4n) is 3.99. The summed E-state index contributed by atoms with van der Waals surface area (Å²) < 4.78 is 0. The standard InChI is InChI=1S/C22H25N3O2/c1-3-14(2)25-20(27)22(17-10-11-17,24-21(25)23)18-8-4-6-15(12-18)16-7-5-9-19(26)13-16/h4-9,12-14,17,26H,3,10-11H2,1-2H3,(H2,23,24). The van der Waals surface area contributed by atoms with E-state index in [2.05, 4.69) is 0 Å². The Balaban J connectivity index is 1.81. The fraction of sp³-hybridized carbons (Fsp3) is 0.364. The smallest absolute Gasteiger partial charge is 0.262 e. The van der Waals surface area contributed by atoms with Gasteiger partial charge in [-0.2, -0.15) is 0 Å². The van der Waals surface area contributed by atoms with Crippen LogP contribution in [0.15, 0.2) is 53.5 Å². The van der Waals surface area contributed by atoms with Gasteiger partial charge in [0.15, 0.2) is 11.5 Å². The highest BCUT2D eigenvalue weighted by molar-refractivity contribution is 6.08. The molecular formula is C22H25N3O2. The Morgan fingerprint density at radius 1 is 1.22 bits per heavy atom. The number of aromatic hydroxyl groups is 1. The molecule has 0 bridgehead atoms. The summed E-state index contributed by atoms with van der Waals surface area (Å²) in [4.78, 5) is 19.9. The highest BCUT2D eigenvalue weighted by Crippen LogP contribution is 2.52. The molecule has 1 aliphatic heterocycles. The zero-order chi connectivity index (χ0) is 19.2. The van der Waals surface area contributed by atoms with E-state index in [9.17, 15) is 9.90 Å². The number of rotatable bonds is 5. The van der Waals surface area contributed by atoms with Gasteiger partial charge in [0.1, 0.15) is 5.75 Å². The van der Waals surface area contributed by atoms with E-state index in [1.54, 1.807) is 17.0 Å². The van der Waals surface area contributed by atoms with Gasteiger partial charge in [-0.3, -0.25) is 9.69 Å². The van der Waals surface area contributed by atoms with E-state index in [0.717, 1.165) is 36.0 Å². The maximum Gasteiger partial charge on any atom is 0.262 e. The summed E-state index contributed by atoms with van der Waals surface area (Å²) >= 11 is 0. The third-order valence-corrected chi connectivity index (χ3v) is 5.76. The average molecular weight is 363 g/mol. The van der Waals surface area contributed by atoms with Crippen LogP contribution in [0.4, 0.5) is 0 Å². The van der Waals surface area contributed by atoms with E-state index < -0.39 is 5.54 Å². The number of hydrogen-bond acceptors (Lipinski definition) is 4. The highest BCUT2D eigenvalue weighted by Gasteiger charge is 2.58. The number of guanidine groups is 1. The van der Waals surface area contributed by atoms with Crippen LogP contribution < -0.4 is 5.73 Å². The first-order valence-corrected chi connectivity index (χ1v) is 9.56. The summed E-state index contributed by atoms with van der Waals surface area (Å²) in [5.74, 6) is 0.725. The molecule has 140 valence electrons. The molecule has 2 atom stereocenters. The lowest BCUT2D eigenvalue weighted by molar-refractivity contribution is -0.133. The Bertz CT molecular complexity index is 919. The molecule has 27 heavy (non-hydrogen) atoms. The van der Waals surface area contributed by atoms with Crippen LogP contribution in [-0.4, -0.2) is 27.9 Å². The van der Waals surface area contributed by atoms with Crippen LogP contribution in [-0.2, 0) is 10.3 Å². The summed E-state index contributed by atoms with van der Waals surface area (Å²) in [6.45, 7) is 4.05. The molecule has 5 nitrogen and oxygen atoms in total. The van der Waals surface area contributed by atoms with Crippen molar-refractivity contribution >= 4 is 11.9 Å². The summed E-state index contributed by atoms with van der Waals surface area (Å²) in [6.07, 6.45) is 2.78. The van der Waals surface area contributed by atoms with Crippen molar-refractivity contribution in [1.29, 1.82) is 0 Å². The second kappa shape index (κ2) is 6.41. The molecule has 1 amide bonds. The third-order valence-electron chi connectivity index (χ3n) is 5.76. The molecule has 2 aromatic carbocycles. The van der Waals surface area contributed by atoms with Gasteiger partial charge >= 0.3 is 0 Å². The largest absolute Gasteiger partial charge is 0.508 e. The van der Waals surface area contributed by atoms with Crippen LogP contribution in [0.2, 0.25) is 0 Å². The zero-order valence-corrected chi connectivity index (χ0v) is 15.7. The maximum absolute atomic E-state index is 13.5. The molecule has 1 aliphatic carbocycles. The Kier molecular flexibility index (Phi) is 4.17. The van der Waals surface area contributed by atoms with Gasteiger partial charge in [-0.15, -0.1) is 0 Å². The molecule has 0 saturated heterocycles. The SMILES string of the molecule is CCC(C)N1C(=O)C(c2cccc(-c3cccc(O)c3)c2)(C2CC2)N=C1N. The minimum absolute atomic E-state index is 0.00934. The molecule has 0 radical (unpaired) electrons. The molecule has 4 rings (SSSR count). The van der Waals surface area contributed by atoms with E-state index >= 15 is 0 Å². The van der Waals surface area contributed by atoms with E-state index in [1.807, 2.05) is 50.2 Å². The van der Waals surface area contributed by atoms with Crippen molar-refractivity contribution in [3.05, 3.63) is 54.1 Å². The molecule has 0 aromatic heterocycles. The molecule has 0 spiro atoms. The van der Waals surface area contributed by atoms with E-state index in [-0.39, 0.29) is 23.6 Å². The van der Waals surface area contributed by atoms with E-state index in [1.165, 1.54) is 0 Å². The Labute approximate surface area is 159 Å². The van der Waals surface area contributed by atoms with Gasteiger partial charge in [-0.1, -0.05) is 37.3 Å². The minimum atomic E-state index is -0.916. The van der Waals surface area contributed by atoms with Crippen molar-refractivity contribution in [3.8, 4) is 16.9 Å². The van der Waals surface area contributed by atoms with Crippen LogP contribution in [0.5, 0.6) is 5.75 Å². The summed E-state index contributed by atoms with van der Waals surface area (Å²) in [5.41, 5.74) is 8.04. The number of amides is 1. The average Bonchev–Trinajstić information content (AvgIpc) is 3.48. The molecule has 2 unspecified atom stereocenters. The van der Waals surface area contributed by atoms with Gasteiger partial charge in [0.05, 0.1) is 0 Å². The van der Waals surface area contributed by atoms with Gasteiger partial charge in [0, 0.05) is 6.04 Å². The van der Waals surface area contributed by atoms with Crippen LogP contribution in [0.1, 0.15) is 38.7 Å². The molecule has 3 N–H and O–H groups in total. The van der Waals surface area contributed by atoms with Gasteiger partial charge < -0.3 is 10.8 Å². The lowest BCUT2D eigenvalue weighted by atomic mass is 9.83. The van der Waals surface area contributed by atoms with Crippen LogP contribution in [0.25, 0.3) is 11.1 Å². The number of benzene rings is 2. The monoisotopic (exact) mass is 363 g/mol. The van der Waals surface area contributed by atoms with Crippen molar-refractivity contribution in [1.82, 2.24) is 4.90 Å². The lowest BCUT2D eigenvalue weighted by Crippen LogP contribution is -2.48. The van der Waals surface area contributed by atoms with Crippen LogP contribution >= 0.6 is 0 Å². The number of phenolic OH excluding ortho intramolecular Hbond substituents is 1. The van der Waals surface area contributed by atoms with Crippen LogP contribution in [0, 0.1) is 5.92 Å². The predicted octanol–water partition coefficient (Wildman–Crippen LogP) is 3.62. The summed E-state index contributed by atoms with van der Waals surface area (Å²) in [7, 11) is 0. The number of phenols is 1. The number of carbonyl (C=O) groups excluding carboxylic acids is 1. The molecule has 1 saturated carbocycles.